The van der Waals surface area contributed by atoms with Gasteiger partial charge in [0, 0.05) is 31.0 Å². The van der Waals surface area contributed by atoms with Crippen molar-refractivity contribution in [3.63, 3.8) is 0 Å². The van der Waals surface area contributed by atoms with E-state index in [0.29, 0.717) is 42.6 Å². The zero-order valence-electron chi connectivity index (χ0n) is 17.0. The molecule has 3 aliphatic rings. The lowest BCUT2D eigenvalue weighted by Crippen LogP contribution is -2.49. The second-order valence-electron chi connectivity index (χ2n) is 9.09. The first-order valence-electron chi connectivity index (χ1n) is 10.8. The summed E-state index contributed by atoms with van der Waals surface area (Å²) < 4.78 is 26.7. The summed E-state index contributed by atoms with van der Waals surface area (Å²) in [7, 11) is -0.994. The summed E-state index contributed by atoms with van der Waals surface area (Å²) in [6.45, 7) is 1.29. The molecule has 1 saturated heterocycles. The van der Waals surface area contributed by atoms with Crippen LogP contribution in [-0.4, -0.2) is 44.7 Å². The summed E-state index contributed by atoms with van der Waals surface area (Å²) in [6.07, 6.45) is 4.26. The highest BCUT2D eigenvalue weighted by atomic mass is 32.2. The lowest BCUT2D eigenvalue weighted by Gasteiger charge is -2.38. The van der Waals surface area contributed by atoms with Gasteiger partial charge in [0.1, 0.15) is 0 Å². The summed E-state index contributed by atoms with van der Waals surface area (Å²) in [4.78, 5) is 0. The van der Waals surface area contributed by atoms with Crippen LogP contribution in [0.25, 0.3) is 0 Å². The molecule has 1 heterocycles. The number of sulfonamides is 1. The molecule has 5 heteroatoms. The maximum absolute atomic E-state index is 12.5. The standard InChI is InChI=1S/C24H30N2O2S/c1-25-24-13-20-10-9-19(12-22(20)23(24)11-17-5-3-2-4-6-17)21-14-26(15-21)29(27,28)16-18-7-8-18/h2-6,9-10,12,18,21,23-25H,7-8,11,13-16H2,1H3. The van der Waals surface area contributed by atoms with Crippen molar-refractivity contribution in [2.45, 2.75) is 43.6 Å². The largest absolute Gasteiger partial charge is 0.316 e. The van der Waals surface area contributed by atoms with Crippen LogP contribution in [0.5, 0.6) is 0 Å². The Balaban J connectivity index is 1.32. The Morgan fingerprint density at radius 1 is 1.07 bits per heavy atom. The molecule has 2 atom stereocenters. The molecule has 2 aromatic carbocycles. The van der Waals surface area contributed by atoms with Crippen LogP contribution in [0.2, 0.25) is 0 Å². The van der Waals surface area contributed by atoms with Crippen LogP contribution in [-0.2, 0) is 22.9 Å². The third-order valence-electron chi connectivity index (χ3n) is 7.02. The molecule has 0 amide bonds. The Hall–Kier alpha value is -1.69. The maximum atomic E-state index is 12.5. The van der Waals surface area contributed by atoms with Crippen molar-refractivity contribution in [2.24, 2.45) is 5.92 Å². The van der Waals surface area contributed by atoms with Gasteiger partial charge in [-0.15, -0.1) is 0 Å². The van der Waals surface area contributed by atoms with E-state index >= 15 is 0 Å². The third-order valence-corrected chi connectivity index (χ3v) is 9.00. The Bertz CT molecular complexity index is 979. The van der Waals surface area contributed by atoms with Crippen molar-refractivity contribution >= 4 is 10.0 Å². The van der Waals surface area contributed by atoms with E-state index in [9.17, 15) is 8.42 Å². The first-order chi connectivity index (χ1) is 14.0. The van der Waals surface area contributed by atoms with Gasteiger partial charge in [0.2, 0.25) is 10.0 Å². The molecule has 0 aromatic heterocycles. The van der Waals surface area contributed by atoms with Crippen LogP contribution in [0.4, 0.5) is 0 Å². The topological polar surface area (TPSA) is 49.4 Å². The van der Waals surface area contributed by atoms with Crippen molar-refractivity contribution < 1.29 is 8.42 Å². The van der Waals surface area contributed by atoms with Crippen molar-refractivity contribution in [3.8, 4) is 0 Å². The molecule has 2 aliphatic carbocycles. The van der Waals surface area contributed by atoms with Crippen LogP contribution < -0.4 is 5.32 Å². The van der Waals surface area contributed by atoms with E-state index in [1.54, 1.807) is 4.31 Å². The molecule has 1 aliphatic heterocycles. The van der Waals surface area contributed by atoms with Gasteiger partial charge in [-0.3, -0.25) is 0 Å². The van der Waals surface area contributed by atoms with E-state index in [1.807, 2.05) is 0 Å². The first-order valence-corrected chi connectivity index (χ1v) is 12.5. The van der Waals surface area contributed by atoms with Crippen LogP contribution in [0.3, 0.4) is 0 Å². The Kier molecular flexibility index (Phi) is 5.01. The predicted octanol–water partition coefficient (Wildman–Crippen LogP) is 3.30. The summed E-state index contributed by atoms with van der Waals surface area (Å²) in [5, 5.41) is 3.52. The molecule has 0 spiro atoms. The van der Waals surface area contributed by atoms with E-state index in [4.69, 9.17) is 0 Å². The average Bonchev–Trinajstić information content (AvgIpc) is 3.41. The fraction of sp³-hybridized carbons (Fsp3) is 0.500. The lowest BCUT2D eigenvalue weighted by molar-refractivity contribution is 0.263. The molecule has 0 bridgehead atoms. The molecule has 2 fully saturated rings. The molecule has 0 radical (unpaired) electrons. The molecular weight excluding hydrogens is 380 g/mol. The van der Waals surface area contributed by atoms with Gasteiger partial charge in [-0.1, -0.05) is 48.5 Å². The van der Waals surface area contributed by atoms with Gasteiger partial charge in [0.05, 0.1) is 5.75 Å². The van der Waals surface area contributed by atoms with Gasteiger partial charge in [-0.05, 0) is 60.9 Å². The van der Waals surface area contributed by atoms with Crippen molar-refractivity contribution in [1.29, 1.82) is 0 Å². The summed E-state index contributed by atoms with van der Waals surface area (Å²) in [6, 6.07) is 18.0. The Morgan fingerprint density at radius 3 is 2.52 bits per heavy atom. The fourth-order valence-corrected chi connectivity index (χ4v) is 6.94. The van der Waals surface area contributed by atoms with Gasteiger partial charge < -0.3 is 5.32 Å². The van der Waals surface area contributed by atoms with E-state index in [2.05, 4.69) is 60.9 Å². The molecule has 2 unspecified atom stereocenters. The fourth-order valence-electron chi connectivity index (χ4n) is 4.98. The average molecular weight is 411 g/mol. The number of hydrogen-bond donors (Lipinski definition) is 1. The monoisotopic (exact) mass is 410 g/mol. The predicted molar refractivity (Wildman–Crippen MR) is 117 cm³/mol. The minimum atomic E-state index is -3.05. The lowest BCUT2D eigenvalue weighted by atomic mass is 9.87. The van der Waals surface area contributed by atoms with Crippen molar-refractivity contribution in [1.82, 2.24) is 9.62 Å². The maximum Gasteiger partial charge on any atom is 0.214 e. The highest BCUT2D eigenvalue weighted by Crippen LogP contribution is 2.40. The smallest absolute Gasteiger partial charge is 0.214 e. The number of fused-ring (bicyclic) bond motifs is 1. The van der Waals surface area contributed by atoms with Crippen LogP contribution in [0.1, 0.15) is 46.9 Å². The highest BCUT2D eigenvalue weighted by Gasteiger charge is 2.40. The van der Waals surface area contributed by atoms with Gasteiger partial charge in [-0.25, -0.2) is 12.7 Å². The summed E-state index contributed by atoms with van der Waals surface area (Å²) in [5.74, 6) is 1.57. The quantitative estimate of drug-likeness (QED) is 0.762. The second-order valence-corrected chi connectivity index (χ2v) is 11.1. The molecule has 4 nitrogen and oxygen atoms in total. The number of nitrogens with one attached hydrogen (secondary N) is 1. The zero-order chi connectivity index (χ0) is 20.0. The first kappa shape index (κ1) is 19.3. The molecule has 5 rings (SSSR count). The number of likely N-dealkylation sites (N-methyl/N-ethyl adjacent to an activating group) is 1. The Morgan fingerprint density at radius 2 is 1.83 bits per heavy atom. The molecule has 1 N–H and O–H groups in total. The molecular formula is C24H30N2O2S. The number of benzene rings is 2. The molecule has 1 saturated carbocycles. The number of nitrogens with zero attached hydrogens (tertiary/aromatic N) is 1. The SMILES string of the molecule is CNC1Cc2ccc(C3CN(S(=O)(=O)CC4CC4)C3)cc2C1Cc1ccccc1. The van der Waals surface area contributed by atoms with E-state index < -0.39 is 10.0 Å². The minimum absolute atomic E-state index is 0.334. The second kappa shape index (κ2) is 7.53. The molecule has 29 heavy (non-hydrogen) atoms. The van der Waals surface area contributed by atoms with E-state index in [1.165, 1.54) is 22.3 Å². The normalized spacial score (nSPS) is 25.0. The van der Waals surface area contributed by atoms with Crippen LogP contribution in [0.15, 0.2) is 48.5 Å². The minimum Gasteiger partial charge on any atom is -0.316 e. The highest BCUT2D eigenvalue weighted by molar-refractivity contribution is 7.89. The Labute approximate surface area is 174 Å². The van der Waals surface area contributed by atoms with Gasteiger partial charge in [0.25, 0.3) is 0 Å². The third kappa shape index (κ3) is 3.88. The molecule has 2 aromatic rings. The summed E-state index contributed by atoms with van der Waals surface area (Å²) >= 11 is 0. The molecule has 154 valence electrons. The van der Waals surface area contributed by atoms with Crippen LogP contribution >= 0.6 is 0 Å². The van der Waals surface area contributed by atoms with Gasteiger partial charge >= 0.3 is 0 Å². The van der Waals surface area contributed by atoms with Crippen molar-refractivity contribution in [2.75, 3.05) is 25.9 Å². The zero-order valence-corrected chi connectivity index (χ0v) is 17.9. The van der Waals surface area contributed by atoms with Gasteiger partial charge in [0.15, 0.2) is 0 Å². The van der Waals surface area contributed by atoms with E-state index in [-0.39, 0.29) is 0 Å². The van der Waals surface area contributed by atoms with Gasteiger partial charge in [-0.2, -0.15) is 0 Å². The number of rotatable bonds is 7. The van der Waals surface area contributed by atoms with Crippen molar-refractivity contribution in [3.05, 3.63) is 70.8 Å². The van der Waals surface area contributed by atoms with E-state index in [0.717, 1.165) is 25.7 Å². The number of hydrogen-bond acceptors (Lipinski definition) is 3. The van der Waals surface area contributed by atoms with Crippen LogP contribution in [0, 0.1) is 5.92 Å². The summed E-state index contributed by atoms with van der Waals surface area (Å²) in [5.41, 5.74) is 5.56.